The highest BCUT2D eigenvalue weighted by atomic mass is 16.6. The third-order valence-electron chi connectivity index (χ3n) is 0.928. The van der Waals surface area contributed by atoms with Gasteiger partial charge >= 0.3 is 6.09 Å². The molecule has 1 N–H and O–H groups in total. The zero-order valence-electron chi connectivity index (χ0n) is 8.52. The smallest absolute Gasteiger partial charge is 0.412 e. The van der Waals surface area contributed by atoms with Crippen molar-refractivity contribution in [2.75, 3.05) is 0 Å². The molecule has 72 valence electrons. The van der Waals surface area contributed by atoms with E-state index < -0.39 is 11.7 Å². The van der Waals surface area contributed by atoms with E-state index in [2.05, 4.69) is 23.7 Å². The Bertz CT molecular complexity index is 263. The van der Waals surface area contributed by atoms with Crippen molar-refractivity contribution in [1.29, 1.82) is 0 Å². The molecular formula is C10H15NO2. The van der Waals surface area contributed by atoms with Gasteiger partial charge in [0.15, 0.2) is 0 Å². The highest BCUT2D eigenvalue weighted by Crippen LogP contribution is 2.06. The lowest BCUT2D eigenvalue weighted by Gasteiger charge is -2.19. The zero-order chi connectivity index (χ0) is 10.5. The van der Waals surface area contributed by atoms with Crippen molar-refractivity contribution in [2.24, 2.45) is 0 Å². The first-order valence-electron chi connectivity index (χ1n) is 3.97. The van der Waals surface area contributed by atoms with E-state index >= 15 is 0 Å². The molecule has 0 unspecified atom stereocenters. The monoisotopic (exact) mass is 181 g/mol. The Balaban J connectivity index is 4.01. The van der Waals surface area contributed by atoms with E-state index in [9.17, 15) is 4.79 Å². The second kappa shape index (κ2) is 4.56. The van der Waals surface area contributed by atoms with Gasteiger partial charge in [0.2, 0.25) is 0 Å². The first-order valence-corrected chi connectivity index (χ1v) is 3.97. The van der Waals surface area contributed by atoms with Crippen molar-refractivity contribution in [2.45, 2.75) is 33.3 Å². The van der Waals surface area contributed by atoms with E-state index in [0.29, 0.717) is 5.70 Å². The molecule has 0 saturated heterocycles. The standard InChI is InChI=1S/C10H15NO2/c1-6-7-8(2)11-9(12)13-10(3,4)5/h2H2,1,3-5H3,(H,11,12). The molecule has 0 saturated carbocycles. The van der Waals surface area contributed by atoms with Gasteiger partial charge in [-0.25, -0.2) is 4.79 Å². The summed E-state index contributed by atoms with van der Waals surface area (Å²) in [5, 5.41) is 2.41. The second-order valence-electron chi connectivity index (χ2n) is 3.48. The van der Waals surface area contributed by atoms with Crippen molar-refractivity contribution in [3.63, 3.8) is 0 Å². The van der Waals surface area contributed by atoms with Crippen LogP contribution in [0.5, 0.6) is 0 Å². The lowest BCUT2D eigenvalue weighted by Crippen LogP contribution is -2.31. The second-order valence-corrected chi connectivity index (χ2v) is 3.48. The predicted molar refractivity (Wildman–Crippen MR) is 52.0 cm³/mol. The average Bonchev–Trinajstić information content (AvgIpc) is 1.81. The fourth-order valence-corrected chi connectivity index (χ4v) is 0.609. The fraction of sp³-hybridized carbons (Fsp3) is 0.500. The number of carbonyl (C=O) groups is 1. The highest BCUT2D eigenvalue weighted by Gasteiger charge is 2.15. The number of amides is 1. The van der Waals surface area contributed by atoms with Crippen molar-refractivity contribution in [3.05, 3.63) is 12.3 Å². The number of hydrogen-bond acceptors (Lipinski definition) is 2. The zero-order valence-corrected chi connectivity index (χ0v) is 8.52. The molecule has 0 aromatic heterocycles. The molecule has 0 atom stereocenters. The van der Waals surface area contributed by atoms with Gasteiger partial charge in [-0.1, -0.05) is 12.5 Å². The minimum Gasteiger partial charge on any atom is -0.444 e. The first-order chi connectivity index (χ1) is 5.85. The molecule has 0 aliphatic rings. The molecule has 0 aliphatic heterocycles. The molecule has 0 aliphatic carbocycles. The van der Waals surface area contributed by atoms with Crippen LogP contribution in [0, 0.1) is 11.8 Å². The van der Waals surface area contributed by atoms with Crippen LogP contribution in [0.3, 0.4) is 0 Å². The van der Waals surface area contributed by atoms with Gasteiger partial charge in [-0.15, -0.1) is 0 Å². The quantitative estimate of drug-likeness (QED) is 0.629. The van der Waals surface area contributed by atoms with Gasteiger partial charge < -0.3 is 4.74 Å². The summed E-state index contributed by atoms with van der Waals surface area (Å²) in [6.07, 6.45) is -0.528. The van der Waals surface area contributed by atoms with Gasteiger partial charge in [0.25, 0.3) is 0 Å². The minimum absolute atomic E-state index is 0.344. The van der Waals surface area contributed by atoms with Crippen molar-refractivity contribution >= 4 is 6.09 Å². The molecule has 0 heterocycles. The van der Waals surface area contributed by atoms with E-state index in [1.807, 2.05) is 0 Å². The molecule has 0 aromatic rings. The van der Waals surface area contributed by atoms with Crippen LogP contribution < -0.4 is 5.32 Å². The molecule has 0 radical (unpaired) electrons. The molecule has 1 amide bonds. The molecule has 0 aromatic carbocycles. The van der Waals surface area contributed by atoms with Crippen LogP contribution in [0.2, 0.25) is 0 Å². The van der Waals surface area contributed by atoms with Gasteiger partial charge in [-0.05, 0) is 33.6 Å². The number of alkyl carbamates (subject to hydrolysis) is 1. The first kappa shape index (κ1) is 11.6. The molecule has 0 bridgehead atoms. The topological polar surface area (TPSA) is 38.3 Å². The normalized spacial score (nSPS) is 9.54. The van der Waals surface area contributed by atoms with Crippen molar-refractivity contribution in [1.82, 2.24) is 5.32 Å². The fourth-order valence-electron chi connectivity index (χ4n) is 0.609. The van der Waals surface area contributed by atoms with E-state index in [0.717, 1.165) is 0 Å². The van der Waals surface area contributed by atoms with E-state index in [1.165, 1.54) is 0 Å². The maximum Gasteiger partial charge on any atom is 0.412 e. The van der Waals surface area contributed by atoms with Crippen molar-refractivity contribution in [3.8, 4) is 11.8 Å². The number of carbonyl (C=O) groups excluding carboxylic acids is 1. The Hall–Kier alpha value is -1.43. The lowest BCUT2D eigenvalue weighted by molar-refractivity contribution is 0.0549. The maximum atomic E-state index is 11.1. The largest absolute Gasteiger partial charge is 0.444 e. The van der Waals surface area contributed by atoms with Crippen LogP contribution in [0.15, 0.2) is 12.3 Å². The molecule has 0 rings (SSSR count). The van der Waals surface area contributed by atoms with Gasteiger partial charge in [0.1, 0.15) is 5.60 Å². The maximum absolute atomic E-state index is 11.1. The van der Waals surface area contributed by atoms with Crippen LogP contribution in [0.1, 0.15) is 27.7 Å². The number of hydrogen-bond donors (Lipinski definition) is 1. The van der Waals surface area contributed by atoms with Gasteiger partial charge in [-0.3, -0.25) is 5.32 Å². The van der Waals surface area contributed by atoms with Crippen LogP contribution in [-0.2, 0) is 4.74 Å². The molecule has 13 heavy (non-hydrogen) atoms. The number of nitrogens with one attached hydrogen (secondary N) is 1. The lowest BCUT2D eigenvalue weighted by atomic mass is 10.2. The summed E-state index contributed by atoms with van der Waals surface area (Å²) in [4.78, 5) is 11.1. The van der Waals surface area contributed by atoms with Crippen LogP contribution in [-0.4, -0.2) is 11.7 Å². The van der Waals surface area contributed by atoms with Crippen LogP contribution in [0.4, 0.5) is 4.79 Å². The minimum atomic E-state index is -0.528. The summed E-state index contributed by atoms with van der Waals surface area (Å²) < 4.78 is 4.98. The Kier molecular flexibility index (Phi) is 4.06. The molecular weight excluding hydrogens is 166 g/mol. The number of allylic oxidation sites excluding steroid dienone is 1. The molecule has 0 spiro atoms. The summed E-state index contributed by atoms with van der Waals surface area (Å²) in [6.45, 7) is 10.6. The van der Waals surface area contributed by atoms with E-state index in [1.54, 1.807) is 27.7 Å². The number of rotatable bonds is 1. The van der Waals surface area contributed by atoms with Gasteiger partial charge in [0, 0.05) is 0 Å². The Morgan fingerprint density at radius 2 is 2.00 bits per heavy atom. The average molecular weight is 181 g/mol. The Morgan fingerprint density at radius 1 is 1.46 bits per heavy atom. The van der Waals surface area contributed by atoms with E-state index in [4.69, 9.17) is 4.74 Å². The third kappa shape index (κ3) is 6.95. The summed E-state index contributed by atoms with van der Waals surface area (Å²) in [6, 6.07) is 0. The number of ether oxygens (including phenoxy) is 1. The van der Waals surface area contributed by atoms with Gasteiger partial charge in [-0.2, -0.15) is 0 Å². The third-order valence-corrected chi connectivity index (χ3v) is 0.928. The van der Waals surface area contributed by atoms with Gasteiger partial charge in [0.05, 0.1) is 5.70 Å². The summed E-state index contributed by atoms with van der Waals surface area (Å²) in [5.74, 6) is 5.22. The molecule has 3 nitrogen and oxygen atoms in total. The summed E-state index contributed by atoms with van der Waals surface area (Å²) in [7, 11) is 0. The summed E-state index contributed by atoms with van der Waals surface area (Å²) >= 11 is 0. The van der Waals surface area contributed by atoms with Crippen molar-refractivity contribution < 1.29 is 9.53 Å². The molecule has 0 fully saturated rings. The summed E-state index contributed by atoms with van der Waals surface area (Å²) in [5.41, 5.74) is -0.152. The van der Waals surface area contributed by atoms with Crippen LogP contribution in [0.25, 0.3) is 0 Å². The molecule has 3 heteroatoms. The van der Waals surface area contributed by atoms with Crippen LogP contribution >= 0.6 is 0 Å². The Labute approximate surface area is 79.2 Å². The predicted octanol–water partition coefficient (Wildman–Crippen LogP) is 2.05. The SMILES string of the molecule is C=C(C#CC)NC(=O)OC(C)(C)C. The van der Waals surface area contributed by atoms with E-state index in [-0.39, 0.29) is 0 Å². The highest BCUT2D eigenvalue weighted by molar-refractivity contribution is 5.71. The Morgan fingerprint density at radius 3 is 2.38 bits per heavy atom.